The Morgan fingerprint density at radius 3 is 2.52 bits per heavy atom. The Morgan fingerprint density at radius 2 is 1.89 bits per heavy atom. The third kappa shape index (κ3) is 3.04. The van der Waals surface area contributed by atoms with Crippen LogP contribution in [0.5, 0.6) is 0 Å². The van der Waals surface area contributed by atoms with Crippen LogP contribution in [0.25, 0.3) is 10.6 Å². The first-order chi connectivity index (χ1) is 13.1. The number of nitrogens with zero attached hydrogens (tertiary/aromatic N) is 2. The van der Waals surface area contributed by atoms with Crippen molar-refractivity contribution >= 4 is 29.1 Å². The van der Waals surface area contributed by atoms with E-state index in [9.17, 15) is 14.4 Å². The summed E-state index contributed by atoms with van der Waals surface area (Å²) in [5.41, 5.74) is 1.03. The maximum absolute atomic E-state index is 12.4. The van der Waals surface area contributed by atoms with Gasteiger partial charge in [0.1, 0.15) is 18.3 Å². The Bertz CT molecular complexity index is 989. The second-order valence-electron chi connectivity index (χ2n) is 5.97. The van der Waals surface area contributed by atoms with Gasteiger partial charge in [0.2, 0.25) is 0 Å². The number of carbonyl (C=O) groups excluding carboxylic acids is 3. The number of thiophene rings is 1. The first kappa shape index (κ1) is 17.2. The number of carbonyl (C=O) groups is 3. The van der Waals surface area contributed by atoms with Gasteiger partial charge in [-0.3, -0.25) is 14.5 Å². The second-order valence-corrected chi connectivity index (χ2v) is 6.92. The quantitative estimate of drug-likeness (QED) is 0.497. The Morgan fingerprint density at radius 1 is 1.19 bits per heavy atom. The molecule has 136 valence electrons. The lowest BCUT2D eigenvalue weighted by atomic mass is 10.1. The molecule has 1 aromatic carbocycles. The lowest BCUT2D eigenvalue weighted by Gasteiger charge is -2.20. The lowest BCUT2D eigenvalue weighted by molar-refractivity contribution is -0.149. The van der Waals surface area contributed by atoms with Gasteiger partial charge < -0.3 is 9.26 Å². The molecule has 1 aliphatic rings. The zero-order chi connectivity index (χ0) is 19.0. The Labute approximate surface area is 158 Å². The molecule has 3 heterocycles. The molecule has 3 aromatic rings. The van der Waals surface area contributed by atoms with Crippen LogP contribution in [0.4, 0.5) is 0 Å². The van der Waals surface area contributed by atoms with Crippen LogP contribution in [0.2, 0.25) is 0 Å². The van der Waals surface area contributed by atoms with Gasteiger partial charge in [0.05, 0.1) is 16.0 Å². The van der Waals surface area contributed by atoms with Gasteiger partial charge >= 0.3 is 5.97 Å². The van der Waals surface area contributed by atoms with Crippen molar-refractivity contribution < 1.29 is 23.6 Å². The molecule has 0 aliphatic carbocycles. The lowest BCUT2D eigenvalue weighted by Crippen LogP contribution is -2.43. The third-order valence-corrected chi connectivity index (χ3v) is 5.12. The van der Waals surface area contributed by atoms with Gasteiger partial charge in [-0.25, -0.2) is 4.79 Å². The predicted octanol–water partition coefficient (Wildman–Crippen LogP) is 3.13. The number of esters is 1. The standard InChI is InChI=1S/C19H14N2O5S/c1-11(21-17(22)13-5-2-3-6-14(13)18(21)23)19(24)25-10-12-9-15(26-20-12)16-7-4-8-27-16/h2-9,11H,10H2,1H3/t11-/m1/s1. The molecule has 0 saturated heterocycles. The zero-order valence-electron chi connectivity index (χ0n) is 14.2. The number of benzene rings is 1. The molecule has 0 saturated carbocycles. The van der Waals surface area contributed by atoms with Gasteiger partial charge in [0, 0.05) is 6.07 Å². The summed E-state index contributed by atoms with van der Waals surface area (Å²) in [6.45, 7) is 1.35. The monoisotopic (exact) mass is 382 g/mol. The number of rotatable bonds is 5. The highest BCUT2D eigenvalue weighted by atomic mass is 32.1. The van der Waals surface area contributed by atoms with Crippen molar-refractivity contribution in [3.63, 3.8) is 0 Å². The van der Waals surface area contributed by atoms with Crippen LogP contribution < -0.4 is 0 Å². The number of aromatic nitrogens is 1. The van der Waals surface area contributed by atoms with Crippen molar-refractivity contribution in [3.8, 4) is 10.6 Å². The number of fused-ring (bicyclic) bond motifs is 1. The van der Waals surface area contributed by atoms with Gasteiger partial charge in [0.25, 0.3) is 11.8 Å². The van der Waals surface area contributed by atoms with Gasteiger partial charge in [-0.2, -0.15) is 0 Å². The average Bonchev–Trinajstić information content (AvgIpc) is 3.41. The first-order valence-corrected chi connectivity index (χ1v) is 9.07. The smallest absolute Gasteiger partial charge is 0.329 e. The molecule has 0 radical (unpaired) electrons. The van der Waals surface area contributed by atoms with Gasteiger partial charge in [-0.05, 0) is 30.5 Å². The van der Waals surface area contributed by atoms with Crippen molar-refractivity contribution in [2.45, 2.75) is 19.6 Å². The van der Waals surface area contributed by atoms with E-state index in [0.29, 0.717) is 22.6 Å². The molecule has 1 atom stereocenters. The molecular weight excluding hydrogens is 368 g/mol. The van der Waals surface area contributed by atoms with Gasteiger partial charge in [0.15, 0.2) is 5.76 Å². The van der Waals surface area contributed by atoms with Crippen molar-refractivity contribution in [1.82, 2.24) is 10.1 Å². The fourth-order valence-corrected chi connectivity index (χ4v) is 3.52. The second kappa shape index (κ2) is 6.81. The van der Waals surface area contributed by atoms with Crippen LogP contribution >= 0.6 is 11.3 Å². The van der Waals surface area contributed by atoms with E-state index in [-0.39, 0.29) is 6.61 Å². The first-order valence-electron chi connectivity index (χ1n) is 8.19. The Kier molecular flexibility index (Phi) is 4.33. The number of ether oxygens (including phenoxy) is 1. The van der Waals surface area contributed by atoms with Crippen molar-refractivity contribution in [2.75, 3.05) is 0 Å². The molecule has 2 amide bonds. The van der Waals surface area contributed by atoms with Crippen LogP contribution in [-0.2, 0) is 16.1 Å². The van der Waals surface area contributed by atoms with Crippen LogP contribution in [0.15, 0.2) is 52.4 Å². The van der Waals surface area contributed by atoms with Gasteiger partial charge in [-0.1, -0.05) is 23.4 Å². The Hall–Kier alpha value is -3.26. The van der Waals surface area contributed by atoms with E-state index in [1.165, 1.54) is 18.3 Å². The maximum atomic E-state index is 12.4. The normalized spacial score (nSPS) is 14.3. The minimum absolute atomic E-state index is 0.110. The highest BCUT2D eigenvalue weighted by Crippen LogP contribution is 2.26. The maximum Gasteiger partial charge on any atom is 0.329 e. The van der Waals surface area contributed by atoms with Crippen molar-refractivity contribution in [1.29, 1.82) is 0 Å². The van der Waals surface area contributed by atoms with E-state index >= 15 is 0 Å². The zero-order valence-corrected chi connectivity index (χ0v) is 15.1. The highest BCUT2D eigenvalue weighted by molar-refractivity contribution is 7.13. The van der Waals surface area contributed by atoms with E-state index in [1.807, 2.05) is 17.5 Å². The van der Waals surface area contributed by atoms with Crippen LogP contribution in [0.1, 0.15) is 33.3 Å². The number of hydrogen-bond acceptors (Lipinski definition) is 7. The van der Waals surface area contributed by atoms with E-state index in [0.717, 1.165) is 9.78 Å². The summed E-state index contributed by atoms with van der Waals surface area (Å²) in [5, 5.41) is 5.79. The average molecular weight is 382 g/mol. The number of imide groups is 1. The molecule has 4 rings (SSSR count). The molecule has 0 fully saturated rings. The molecule has 0 spiro atoms. The molecule has 1 aliphatic heterocycles. The summed E-state index contributed by atoms with van der Waals surface area (Å²) in [6.07, 6.45) is 0. The minimum Gasteiger partial charge on any atom is -0.458 e. The third-order valence-electron chi connectivity index (χ3n) is 4.24. The van der Waals surface area contributed by atoms with Crippen LogP contribution in [-0.4, -0.2) is 33.9 Å². The molecule has 0 bridgehead atoms. The van der Waals surface area contributed by atoms with E-state index in [1.54, 1.807) is 30.3 Å². The summed E-state index contributed by atoms with van der Waals surface area (Å²) < 4.78 is 10.5. The molecule has 27 heavy (non-hydrogen) atoms. The fraction of sp³-hybridized carbons (Fsp3) is 0.158. The Balaban J connectivity index is 1.42. The van der Waals surface area contributed by atoms with Gasteiger partial charge in [-0.15, -0.1) is 11.3 Å². The van der Waals surface area contributed by atoms with Crippen LogP contribution in [0, 0.1) is 0 Å². The molecule has 7 nitrogen and oxygen atoms in total. The number of hydrogen-bond donors (Lipinski definition) is 0. The summed E-state index contributed by atoms with van der Waals surface area (Å²) in [6, 6.07) is 10.9. The minimum atomic E-state index is -1.04. The summed E-state index contributed by atoms with van der Waals surface area (Å²) in [4.78, 5) is 39.1. The predicted molar refractivity (Wildman–Crippen MR) is 96.0 cm³/mol. The van der Waals surface area contributed by atoms with E-state index in [4.69, 9.17) is 9.26 Å². The summed E-state index contributed by atoms with van der Waals surface area (Å²) in [7, 11) is 0. The molecule has 2 aromatic heterocycles. The SMILES string of the molecule is C[C@H](C(=O)OCc1cc(-c2cccs2)on1)N1C(=O)c2ccccc2C1=O. The topological polar surface area (TPSA) is 89.7 Å². The molecule has 0 N–H and O–H groups in total. The molecule has 8 heteroatoms. The van der Waals surface area contributed by atoms with Crippen molar-refractivity contribution in [2.24, 2.45) is 0 Å². The summed E-state index contributed by atoms with van der Waals surface area (Å²) in [5.74, 6) is -1.10. The van der Waals surface area contributed by atoms with E-state index in [2.05, 4.69) is 5.16 Å². The molecule has 0 unspecified atom stereocenters. The largest absolute Gasteiger partial charge is 0.458 e. The van der Waals surface area contributed by atoms with Crippen LogP contribution in [0.3, 0.4) is 0 Å². The summed E-state index contributed by atoms with van der Waals surface area (Å²) >= 11 is 1.51. The fourth-order valence-electron chi connectivity index (χ4n) is 2.85. The number of amides is 2. The van der Waals surface area contributed by atoms with Crippen molar-refractivity contribution in [3.05, 3.63) is 64.7 Å². The highest BCUT2D eigenvalue weighted by Gasteiger charge is 2.41. The van der Waals surface area contributed by atoms with E-state index < -0.39 is 23.8 Å². The molecular formula is C19H14N2O5S.